The minimum Gasteiger partial charge on any atom is -0.492 e. The molecule has 0 aromatic heterocycles. The zero-order chi connectivity index (χ0) is 23.4. The SMILES string of the molecule is CCOc1ccccc1N(CC(=O)N1CCCCC1)S(=O)(=O)c1ccc(S(C)(=O)=O)cc1. The molecule has 174 valence electrons. The van der Waals surface area contributed by atoms with Crippen LogP contribution in [0.25, 0.3) is 0 Å². The van der Waals surface area contributed by atoms with Crippen LogP contribution >= 0.6 is 0 Å². The predicted octanol–water partition coefficient (Wildman–Crippen LogP) is 2.70. The second kappa shape index (κ2) is 9.91. The molecule has 8 nitrogen and oxygen atoms in total. The fourth-order valence-corrected chi connectivity index (χ4v) is 5.65. The summed E-state index contributed by atoms with van der Waals surface area (Å²) in [5, 5.41) is 0. The van der Waals surface area contributed by atoms with E-state index >= 15 is 0 Å². The van der Waals surface area contributed by atoms with Crippen molar-refractivity contribution in [2.24, 2.45) is 0 Å². The first-order chi connectivity index (χ1) is 15.1. The van der Waals surface area contributed by atoms with E-state index in [0.29, 0.717) is 25.4 Å². The molecule has 1 aliphatic heterocycles. The molecule has 0 atom stereocenters. The van der Waals surface area contributed by atoms with Crippen molar-refractivity contribution in [1.82, 2.24) is 4.90 Å². The van der Waals surface area contributed by atoms with Gasteiger partial charge in [-0.1, -0.05) is 12.1 Å². The first-order valence-electron chi connectivity index (χ1n) is 10.5. The number of hydrogen-bond acceptors (Lipinski definition) is 6. The van der Waals surface area contributed by atoms with Gasteiger partial charge >= 0.3 is 0 Å². The Labute approximate surface area is 189 Å². The standard InChI is InChI=1S/C22H28N2O6S2/c1-3-30-21-10-6-5-9-20(21)24(17-22(25)23-15-7-4-8-16-23)32(28,29)19-13-11-18(12-14-19)31(2,26)27/h5-6,9-14H,3-4,7-8,15-17H2,1-2H3. The molecule has 1 aliphatic rings. The van der Waals surface area contributed by atoms with E-state index in [9.17, 15) is 21.6 Å². The molecule has 10 heteroatoms. The van der Waals surface area contributed by atoms with E-state index < -0.39 is 19.9 Å². The van der Waals surface area contributed by atoms with Gasteiger partial charge in [-0.15, -0.1) is 0 Å². The van der Waals surface area contributed by atoms with E-state index in [-0.39, 0.29) is 27.9 Å². The second-order valence-corrected chi connectivity index (χ2v) is 11.5. The maximum absolute atomic E-state index is 13.6. The monoisotopic (exact) mass is 480 g/mol. The minimum atomic E-state index is -4.18. The number of carbonyl (C=O) groups is 1. The van der Waals surface area contributed by atoms with Crippen molar-refractivity contribution < 1.29 is 26.4 Å². The number of hydrogen-bond donors (Lipinski definition) is 0. The van der Waals surface area contributed by atoms with E-state index in [4.69, 9.17) is 4.74 Å². The predicted molar refractivity (Wildman–Crippen MR) is 122 cm³/mol. The number of benzene rings is 2. The molecule has 2 aromatic carbocycles. The quantitative estimate of drug-likeness (QED) is 0.576. The van der Waals surface area contributed by atoms with Gasteiger partial charge in [0.2, 0.25) is 5.91 Å². The van der Waals surface area contributed by atoms with Crippen LogP contribution in [0.5, 0.6) is 5.75 Å². The third-order valence-electron chi connectivity index (χ3n) is 5.26. The van der Waals surface area contributed by atoms with Crippen molar-refractivity contribution in [2.75, 3.05) is 36.8 Å². The highest BCUT2D eigenvalue weighted by Crippen LogP contribution is 2.33. The average Bonchev–Trinajstić information content (AvgIpc) is 2.78. The zero-order valence-corrected chi connectivity index (χ0v) is 19.9. The fraction of sp³-hybridized carbons (Fsp3) is 0.409. The van der Waals surface area contributed by atoms with Crippen LogP contribution in [0.4, 0.5) is 5.69 Å². The van der Waals surface area contributed by atoms with E-state index in [1.54, 1.807) is 36.1 Å². The van der Waals surface area contributed by atoms with Crippen LogP contribution in [-0.4, -0.2) is 60.1 Å². The molecule has 0 spiro atoms. The Bertz CT molecular complexity index is 1160. The van der Waals surface area contributed by atoms with E-state index in [2.05, 4.69) is 0 Å². The summed E-state index contributed by atoms with van der Waals surface area (Å²) in [6.07, 6.45) is 3.88. The third-order valence-corrected chi connectivity index (χ3v) is 8.16. The van der Waals surface area contributed by atoms with Crippen molar-refractivity contribution >= 4 is 31.5 Å². The molecular weight excluding hydrogens is 452 g/mol. The van der Waals surface area contributed by atoms with Crippen LogP contribution in [-0.2, 0) is 24.7 Å². The van der Waals surface area contributed by atoms with Gasteiger partial charge in [0.25, 0.3) is 10.0 Å². The molecule has 2 aromatic rings. The van der Waals surface area contributed by atoms with Crippen molar-refractivity contribution in [3.8, 4) is 5.75 Å². The van der Waals surface area contributed by atoms with Gasteiger partial charge < -0.3 is 9.64 Å². The highest BCUT2D eigenvalue weighted by atomic mass is 32.2. The van der Waals surface area contributed by atoms with Gasteiger partial charge in [0, 0.05) is 19.3 Å². The summed E-state index contributed by atoms with van der Waals surface area (Å²) in [4.78, 5) is 14.6. The molecule has 1 amide bonds. The van der Waals surface area contributed by atoms with E-state index in [0.717, 1.165) is 29.8 Å². The van der Waals surface area contributed by atoms with Gasteiger partial charge in [0.15, 0.2) is 9.84 Å². The van der Waals surface area contributed by atoms with Crippen molar-refractivity contribution in [1.29, 1.82) is 0 Å². The van der Waals surface area contributed by atoms with Gasteiger partial charge in [-0.25, -0.2) is 16.8 Å². The van der Waals surface area contributed by atoms with Gasteiger partial charge in [-0.3, -0.25) is 9.10 Å². The molecule has 1 saturated heterocycles. The lowest BCUT2D eigenvalue weighted by Gasteiger charge is -2.31. The van der Waals surface area contributed by atoms with Crippen LogP contribution in [0.1, 0.15) is 26.2 Å². The van der Waals surface area contributed by atoms with Gasteiger partial charge in [-0.05, 0) is 62.6 Å². The van der Waals surface area contributed by atoms with Crippen molar-refractivity contribution in [2.45, 2.75) is 36.0 Å². The van der Waals surface area contributed by atoms with Crippen molar-refractivity contribution in [3.63, 3.8) is 0 Å². The summed E-state index contributed by atoms with van der Waals surface area (Å²) >= 11 is 0. The molecule has 0 N–H and O–H groups in total. The van der Waals surface area contributed by atoms with E-state index in [1.807, 2.05) is 0 Å². The number of sulfone groups is 1. The summed E-state index contributed by atoms with van der Waals surface area (Å²) in [5.74, 6) is 0.0603. The molecule has 0 bridgehead atoms. The molecule has 32 heavy (non-hydrogen) atoms. The first-order valence-corrected chi connectivity index (χ1v) is 13.8. The molecule has 0 saturated carbocycles. The molecule has 1 heterocycles. The van der Waals surface area contributed by atoms with Crippen LogP contribution in [0.3, 0.4) is 0 Å². The third kappa shape index (κ3) is 5.42. The largest absolute Gasteiger partial charge is 0.492 e. The molecular formula is C22H28N2O6S2. The van der Waals surface area contributed by atoms with E-state index in [1.165, 1.54) is 24.3 Å². The van der Waals surface area contributed by atoms with Gasteiger partial charge in [-0.2, -0.15) is 0 Å². The summed E-state index contributed by atoms with van der Waals surface area (Å²) in [6.45, 7) is 2.94. The maximum Gasteiger partial charge on any atom is 0.264 e. The highest BCUT2D eigenvalue weighted by Gasteiger charge is 2.31. The van der Waals surface area contributed by atoms with Crippen LogP contribution in [0, 0.1) is 0 Å². The summed E-state index contributed by atoms with van der Waals surface area (Å²) in [7, 11) is -7.65. The number of rotatable bonds is 8. The smallest absolute Gasteiger partial charge is 0.264 e. The molecule has 0 unspecified atom stereocenters. The lowest BCUT2D eigenvalue weighted by molar-refractivity contribution is -0.130. The Balaban J connectivity index is 2.04. The number of para-hydroxylation sites is 2. The lowest BCUT2D eigenvalue weighted by atomic mass is 10.1. The molecule has 1 fully saturated rings. The Kier molecular flexibility index (Phi) is 7.45. The number of likely N-dealkylation sites (tertiary alicyclic amines) is 1. The number of piperidine rings is 1. The summed E-state index contributed by atoms with van der Waals surface area (Å²) in [6, 6.07) is 11.6. The number of sulfonamides is 1. The molecule has 3 rings (SSSR count). The number of nitrogens with zero attached hydrogens (tertiary/aromatic N) is 2. The van der Waals surface area contributed by atoms with Gasteiger partial charge in [0.05, 0.1) is 22.1 Å². The normalized spacial score (nSPS) is 14.8. The van der Waals surface area contributed by atoms with Crippen LogP contribution < -0.4 is 9.04 Å². The number of ether oxygens (including phenoxy) is 1. The Morgan fingerprint density at radius 3 is 2.12 bits per heavy atom. The molecule has 0 aliphatic carbocycles. The Hall–Kier alpha value is -2.59. The van der Waals surface area contributed by atoms with Crippen LogP contribution in [0.2, 0.25) is 0 Å². The summed E-state index contributed by atoms with van der Waals surface area (Å²) < 4.78 is 57.4. The van der Waals surface area contributed by atoms with Crippen LogP contribution in [0.15, 0.2) is 58.3 Å². The number of anilines is 1. The van der Waals surface area contributed by atoms with Gasteiger partial charge in [0.1, 0.15) is 12.3 Å². The number of amides is 1. The average molecular weight is 481 g/mol. The zero-order valence-electron chi connectivity index (χ0n) is 18.2. The topological polar surface area (TPSA) is 101 Å². The number of carbonyl (C=O) groups excluding carboxylic acids is 1. The molecule has 0 radical (unpaired) electrons. The summed E-state index contributed by atoms with van der Waals surface area (Å²) in [5.41, 5.74) is 0.256. The highest BCUT2D eigenvalue weighted by molar-refractivity contribution is 7.93. The maximum atomic E-state index is 13.6. The van der Waals surface area contributed by atoms with Crippen molar-refractivity contribution in [3.05, 3.63) is 48.5 Å². The fourth-order valence-electron chi connectivity index (χ4n) is 3.59. The first kappa shape index (κ1) is 24.1. The second-order valence-electron chi connectivity index (χ2n) is 7.60. The lowest BCUT2D eigenvalue weighted by Crippen LogP contribution is -2.45. The Morgan fingerprint density at radius 1 is 0.938 bits per heavy atom. The Morgan fingerprint density at radius 2 is 1.53 bits per heavy atom. The minimum absolute atomic E-state index is 0.0158.